The Morgan fingerprint density at radius 3 is 2.91 bits per heavy atom. The fourth-order valence-electron chi connectivity index (χ4n) is 4.09. The van der Waals surface area contributed by atoms with E-state index in [1.165, 1.54) is 19.3 Å². The van der Waals surface area contributed by atoms with E-state index in [9.17, 15) is 4.79 Å². The zero-order valence-electron chi connectivity index (χ0n) is 14.0. The average Bonchev–Trinajstić information content (AvgIpc) is 3.07. The molecule has 5 nitrogen and oxygen atoms in total. The van der Waals surface area contributed by atoms with Gasteiger partial charge in [0.25, 0.3) is 5.91 Å². The van der Waals surface area contributed by atoms with E-state index >= 15 is 0 Å². The molecule has 1 aromatic heterocycles. The molecule has 1 aromatic rings. The van der Waals surface area contributed by atoms with Crippen LogP contribution in [0.15, 0.2) is 6.20 Å². The highest BCUT2D eigenvalue weighted by molar-refractivity contribution is 5.92. The topological polar surface area (TPSA) is 51.0 Å². The first kappa shape index (κ1) is 15.5. The van der Waals surface area contributed by atoms with Crippen LogP contribution in [0.1, 0.15) is 69.8 Å². The molecule has 3 rings (SSSR count). The van der Waals surface area contributed by atoms with E-state index in [0.717, 1.165) is 25.8 Å². The number of hydrogen-bond donors (Lipinski definition) is 0. The van der Waals surface area contributed by atoms with Crippen molar-refractivity contribution in [2.45, 2.75) is 77.9 Å². The summed E-state index contributed by atoms with van der Waals surface area (Å²) >= 11 is 0. The third kappa shape index (κ3) is 3.03. The number of carbonyl (C=O) groups excluding carboxylic acids is 1. The second-order valence-electron chi connectivity index (χ2n) is 7.46. The van der Waals surface area contributed by atoms with Crippen molar-refractivity contribution in [2.75, 3.05) is 0 Å². The molecule has 3 atom stereocenters. The molecule has 122 valence electrons. The van der Waals surface area contributed by atoms with Crippen LogP contribution in [0.25, 0.3) is 0 Å². The number of aryl methyl sites for hydroxylation is 1. The Hall–Kier alpha value is -1.39. The number of amides is 1. The monoisotopic (exact) mass is 304 g/mol. The van der Waals surface area contributed by atoms with Gasteiger partial charge >= 0.3 is 0 Å². The van der Waals surface area contributed by atoms with Gasteiger partial charge in [-0.05, 0) is 44.4 Å². The summed E-state index contributed by atoms with van der Waals surface area (Å²) in [6.07, 6.45) is 9.04. The van der Waals surface area contributed by atoms with E-state index in [2.05, 4.69) is 36.0 Å². The normalized spacial score (nSPS) is 28.2. The van der Waals surface area contributed by atoms with Gasteiger partial charge in [-0.15, -0.1) is 5.10 Å². The van der Waals surface area contributed by atoms with Gasteiger partial charge in [0.05, 0.1) is 6.20 Å². The van der Waals surface area contributed by atoms with E-state index in [0.29, 0.717) is 29.6 Å². The number of rotatable bonds is 4. The van der Waals surface area contributed by atoms with Crippen molar-refractivity contribution in [3.63, 3.8) is 0 Å². The van der Waals surface area contributed by atoms with Crippen molar-refractivity contribution in [1.82, 2.24) is 19.9 Å². The minimum Gasteiger partial charge on any atom is -0.331 e. The fourth-order valence-corrected chi connectivity index (χ4v) is 4.09. The maximum Gasteiger partial charge on any atom is 0.276 e. The van der Waals surface area contributed by atoms with Crippen molar-refractivity contribution in [2.24, 2.45) is 11.8 Å². The minimum absolute atomic E-state index is 0.0812. The zero-order valence-corrected chi connectivity index (χ0v) is 14.0. The number of aromatic nitrogens is 3. The zero-order chi connectivity index (χ0) is 15.7. The molecule has 1 aliphatic heterocycles. The van der Waals surface area contributed by atoms with Gasteiger partial charge in [0.1, 0.15) is 0 Å². The second kappa shape index (κ2) is 6.39. The molecule has 0 N–H and O–H groups in total. The number of fused-ring (bicyclic) bond motifs is 1. The summed E-state index contributed by atoms with van der Waals surface area (Å²) in [4.78, 5) is 15.0. The van der Waals surface area contributed by atoms with Gasteiger partial charge < -0.3 is 4.90 Å². The Morgan fingerprint density at radius 2 is 2.14 bits per heavy atom. The Morgan fingerprint density at radius 1 is 1.36 bits per heavy atom. The molecule has 1 amide bonds. The average molecular weight is 304 g/mol. The second-order valence-corrected chi connectivity index (χ2v) is 7.46. The van der Waals surface area contributed by atoms with Crippen LogP contribution in [0.5, 0.6) is 0 Å². The Labute approximate surface area is 133 Å². The van der Waals surface area contributed by atoms with Gasteiger partial charge in [-0.25, -0.2) is 0 Å². The van der Waals surface area contributed by atoms with Gasteiger partial charge in [-0.2, -0.15) is 0 Å². The maximum atomic E-state index is 12.9. The molecular weight excluding hydrogens is 276 g/mol. The van der Waals surface area contributed by atoms with Crippen LogP contribution >= 0.6 is 0 Å². The minimum atomic E-state index is 0.0812. The lowest BCUT2D eigenvalue weighted by atomic mass is 9.85. The fraction of sp³-hybridized carbons (Fsp3) is 0.824. The number of hydrogen-bond acceptors (Lipinski definition) is 3. The highest BCUT2D eigenvalue weighted by Gasteiger charge is 2.43. The number of nitrogens with zero attached hydrogens (tertiary/aromatic N) is 4. The maximum absolute atomic E-state index is 12.9. The molecule has 0 aromatic carbocycles. The van der Waals surface area contributed by atoms with Gasteiger partial charge in [-0.3, -0.25) is 9.48 Å². The summed E-state index contributed by atoms with van der Waals surface area (Å²) in [5.74, 6) is 1.41. The highest BCUT2D eigenvalue weighted by atomic mass is 16.2. The Kier molecular flexibility index (Phi) is 4.50. The van der Waals surface area contributed by atoms with Crippen LogP contribution in [0.2, 0.25) is 0 Å². The molecule has 1 aliphatic carbocycles. The summed E-state index contributed by atoms with van der Waals surface area (Å²) < 4.78 is 1.81. The molecule has 1 saturated heterocycles. The lowest BCUT2D eigenvalue weighted by Gasteiger charge is -2.32. The van der Waals surface area contributed by atoms with Crippen molar-refractivity contribution in [1.29, 1.82) is 0 Å². The van der Waals surface area contributed by atoms with E-state index in [1.54, 1.807) is 0 Å². The summed E-state index contributed by atoms with van der Waals surface area (Å²) in [6.45, 7) is 7.40. The molecule has 0 radical (unpaired) electrons. The molecule has 2 heterocycles. The van der Waals surface area contributed by atoms with Gasteiger partial charge in [-0.1, -0.05) is 31.9 Å². The van der Waals surface area contributed by atoms with Crippen molar-refractivity contribution < 1.29 is 4.79 Å². The summed E-state index contributed by atoms with van der Waals surface area (Å²) in [6, 6.07) is 0.762. The quantitative estimate of drug-likeness (QED) is 0.859. The van der Waals surface area contributed by atoms with Crippen LogP contribution < -0.4 is 0 Å². The SMILES string of the molecule is CC(C)CCn1cc(C(=O)N2[C@H](C)C[C@@H]3CCCC[C@@H]32)nn1. The first-order chi connectivity index (χ1) is 10.6. The van der Waals surface area contributed by atoms with E-state index in [4.69, 9.17) is 0 Å². The lowest BCUT2D eigenvalue weighted by molar-refractivity contribution is 0.0627. The van der Waals surface area contributed by atoms with Gasteiger partial charge in [0, 0.05) is 18.6 Å². The van der Waals surface area contributed by atoms with E-state index in [-0.39, 0.29) is 5.91 Å². The first-order valence-electron chi connectivity index (χ1n) is 8.79. The Bertz CT molecular complexity index is 524. The number of likely N-dealkylation sites (tertiary alicyclic amines) is 1. The summed E-state index contributed by atoms with van der Waals surface area (Å²) in [5.41, 5.74) is 0.516. The largest absolute Gasteiger partial charge is 0.331 e. The molecule has 0 spiro atoms. The predicted molar refractivity (Wildman–Crippen MR) is 85.5 cm³/mol. The smallest absolute Gasteiger partial charge is 0.276 e. The molecule has 2 aliphatic rings. The molecule has 0 unspecified atom stereocenters. The van der Waals surface area contributed by atoms with Crippen LogP contribution in [-0.2, 0) is 6.54 Å². The molecule has 1 saturated carbocycles. The van der Waals surface area contributed by atoms with Gasteiger partial charge in [0.15, 0.2) is 5.69 Å². The number of carbonyl (C=O) groups is 1. The van der Waals surface area contributed by atoms with E-state index in [1.807, 2.05) is 10.9 Å². The van der Waals surface area contributed by atoms with Crippen molar-refractivity contribution in [3.05, 3.63) is 11.9 Å². The summed E-state index contributed by atoms with van der Waals surface area (Å²) in [5, 5.41) is 8.26. The first-order valence-corrected chi connectivity index (χ1v) is 8.79. The van der Waals surface area contributed by atoms with Crippen molar-refractivity contribution in [3.8, 4) is 0 Å². The Balaban J connectivity index is 1.70. The summed E-state index contributed by atoms with van der Waals surface area (Å²) in [7, 11) is 0. The third-order valence-corrected chi connectivity index (χ3v) is 5.27. The molecule has 2 fully saturated rings. The van der Waals surface area contributed by atoms with Gasteiger partial charge in [0.2, 0.25) is 0 Å². The molecule has 22 heavy (non-hydrogen) atoms. The van der Waals surface area contributed by atoms with Crippen LogP contribution in [0.3, 0.4) is 0 Å². The van der Waals surface area contributed by atoms with Crippen molar-refractivity contribution >= 4 is 5.91 Å². The lowest BCUT2D eigenvalue weighted by Crippen LogP contribution is -2.42. The van der Waals surface area contributed by atoms with Crippen LogP contribution in [-0.4, -0.2) is 37.9 Å². The van der Waals surface area contributed by atoms with Crippen LogP contribution in [0.4, 0.5) is 0 Å². The standard InChI is InChI=1S/C17H28N4O/c1-12(2)8-9-20-11-15(18-19-20)17(22)21-13(3)10-14-6-4-5-7-16(14)21/h11-14,16H,4-10H2,1-3H3/t13-,14+,16+/m1/s1. The molecule has 5 heteroatoms. The van der Waals surface area contributed by atoms with Crippen LogP contribution in [0, 0.1) is 11.8 Å². The third-order valence-electron chi connectivity index (χ3n) is 5.27. The predicted octanol–water partition coefficient (Wildman–Crippen LogP) is 3.12. The molecule has 0 bridgehead atoms. The molecular formula is C17H28N4O. The van der Waals surface area contributed by atoms with E-state index < -0.39 is 0 Å². The highest BCUT2D eigenvalue weighted by Crippen LogP contribution is 2.40.